The minimum Gasteiger partial charge on any atom is -0.462 e. The Morgan fingerprint density at radius 1 is 1.37 bits per heavy atom. The van der Waals surface area contributed by atoms with Crippen LogP contribution in [0.2, 0.25) is 5.02 Å². The Bertz CT molecular complexity index is 582. The van der Waals surface area contributed by atoms with Crippen molar-refractivity contribution in [3.63, 3.8) is 0 Å². The summed E-state index contributed by atoms with van der Waals surface area (Å²) in [5.41, 5.74) is 0.382. The fraction of sp³-hybridized carbons (Fsp3) is 0.417. The molecule has 0 saturated heterocycles. The third-order valence-corrected chi connectivity index (χ3v) is 4.37. The quantitative estimate of drug-likeness (QED) is 0.472. The normalized spacial score (nSPS) is 11.4. The van der Waals surface area contributed by atoms with Gasteiger partial charge in [-0.2, -0.15) is 0 Å². The number of halogens is 2. The highest BCUT2D eigenvalue weighted by Crippen LogP contribution is 2.28. The number of hydrogen-bond acceptors (Lipinski definition) is 4. The van der Waals surface area contributed by atoms with Crippen molar-refractivity contribution in [1.29, 1.82) is 0 Å². The highest BCUT2D eigenvalue weighted by atomic mass is 35.7. The SMILES string of the molecule is CCCCOC(=O)c1cc(Cl)c(C)c(S(=O)(=O)Cl)c1. The molecule has 0 amide bonds. The lowest BCUT2D eigenvalue weighted by Crippen LogP contribution is -2.08. The third kappa shape index (κ3) is 4.37. The lowest BCUT2D eigenvalue weighted by Gasteiger charge is -2.08. The number of rotatable bonds is 5. The molecule has 0 heterocycles. The van der Waals surface area contributed by atoms with Crippen LogP contribution in [0.1, 0.15) is 35.7 Å². The Hall–Kier alpha value is -0.780. The van der Waals surface area contributed by atoms with Crippen LogP contribution in [-0.2, 0) is 13.8 Å². The molecule has 0 spiro atoms. The standard InChI is InChI=1S/C12H14Cl2O4S/c1-3-4-5-18-12(15)9-6-10(13)8(2)11(7-9)19(14,16)17/h6-7H,3-5H2,1-2H3. The molecular weight excluding hydrogens is 311 g/mol. The third-order valence-electron chi connectivity index (χ3n) is 2.53. The summed E-state index contributed by atoms with van der Waals surface area (Å²) in [6.45, 7) is 3.77. The van der Waals surface area contributed by atoms with Gasteiger partial charge in [0.05, 0.1) is 17.1 Å². The average Bonchev–Trinajstić information content (AvgIpc) is 2.31. The molecule has 0 aliphatic heterocycles. The minimum absolute atomic E-state index is 0.0749. The molecule has 1 aromatic carbocycles. The first-order chi connectivity index (χ1) is 8.77. The Morgan fingerprint density at radius 2 is 2.00 bits per heavy atom. The van der Waals surface area contributed by atoms with Crippen molar-refractivity contribution < 1.29 is 17.9 Å². The van der Waals surface area contributed by atoms with Crippen LogP contribution in [0, 0.1) is 6.92 Å². The Labute approximate surface area is 122 Å². The van der Waals surface area contributed by atoms with E-state index in [2.05, 4.69) is 0 Å². The van der Waals surface area contributed by atoms with Crippen molar-refractivity contribution in [2.24, 2.45) is 0 Å². The van der Waals surface area contributed by atoms with Crippen LogP contribution in [0.3, 0.4) is 0 Å². The highest BCUT2D eigenvalue weighted by Gasteiger charge is 2.20. The number of esters is 1. The van der Waals surface area contributed by atoms with Gasteiger partial charge >= 0.3 is 5.97 Å². The molecular formula is C12H14Cl2O4S. The molecule has 1 rings (SSSR count). The predicted octanol–water partition coefficient (Wildman–Crippen LogP) is 3.53. The van der Waals surface area contributed by atoms with Gasteiger partial charge in [0.1, 0.15) is 0 Å². The maximum Gasteiger partial charge on any atom is 0.338 e. The summed E-state index contributed by atoms with van der Waals surface area (Å²) in [6.07, 6.45) is 1.63. The van der Waals surface area contributed by atoms with Gasteiger partial charge in [0.25, 0.3) is 9.05 Å². The molecule has 0 aliphatic rings. The van der Waals surface area contributed by atoms with Crippen molar-refractivity contribution in [2.45, 2.75) is 31.6 Å². The summed E-state index contributed by atoms with van der Waals surface area (Å²) in [6, 6.07) is 2.55. The number of hydrogen-bond donors (Lipinski definition) is 0. The van der Waals surface area contributed by atoms with Gasteiger partial charge in [0.2, 0.25) is 0 Å². The van der Waals surface area contributed by atoms with Crippen LogP contribution < -0.4 is 0 Å². The van der Waals surface area contributed by atoms with Crippen molar-refractivity contribution >= 4 is 37.3 Å². The molecule has 0 saturated carbocycles. The molecule has 0 unspecified atom stereocenters. The largest absolute Gasteiger partial charge is 0.462 e. The number of ether oxygens (including phenoxy) is 1. The van der Waals surface area contributed by atoms with Crippen LogP contribution in [0.15, 0.2) is 17.0 Å². The Morgan fingerprint density at radius 3 is 2.53 bits per heavy atom. The van der Waals surface area contributed by atoms with Gasteiger partial charge < -0.3 is 4.74 Å². The van der Waals surface area contributed by atoms with E-state index in [9.17, 15) is 13.2 Å². The molecule has 106 valence electrons. The maximum atomic E-state index is 11.7. The van der Waals surface area contributed by atoms with E-state index >= 15 is 0 Å². The molecule has 7 heteroatoms. The van der Waals surface area contributed by atoms with Gasteiger partial charge in [-0.05, 0) is 31.0 Å². The lowest BCUT2D eigenvalue weighted by atomic mass is 10.1. The van der Waals surface area contributed by atoms with E-state index in [-0.39, 0.29) is 22.1 Å². The molecule has 0 atom stereocenters. The molecule has 1 aromatic rings. The molecule has 0 bridgehead atoms. The second-order valence-electron chi connectivity index (χ2n) is 4.01. The van der Waals surface area contributed by atoms with E-state index in [1.807, 2.05) is 6.92 Å². The zero-order valence-electron chi connectivity index (χ0n) is 10.6. The van der Waals surface area contributed by atoms with E-state index < -0.39 is 15.0 Å². The highest BCUT2D eigenvalue weighted by molar-refractivity contribution is 8.13. The second kappa shape index (κ2) is 6.59. The Kier molecular flexibility index (Phi) is 5.64. The summed E-state index contributed by atoms with van der Waals surface area (Å²) in [7, 11) is 1.34. The van der Waals surface area contributed by atoms with Crippen LogP contribution in [0.25, 0.3) is 0 Å². The molecule has 0 aliphatic carbocycles. The predicted molar refractivity (Wildman–Crippen MR) is 74.4 cm³/mol. The van der Waals surface area contributed by atoms with Crippen molar-refractivity contribution in [1.82, 2.24) is 0 Å². The van der Waals surface area contributed by atoms with Crippen molar-refractivity contribution in [3.8, 4) is 0 Å². The van der Waals surface area contributed by atoms with Gasteiger partial charge in [0.15, 0.2) is 0 Å². The second-order valence-corrected chi connectivity index (χ2v) is 6.95. The van der Waals surface area contributed by atoms with Crippen LogP contribution in [-0.4, -0.2) is 21.0 Å². The van der Waals surface area contributed by atoms with Gasteiger partial charge in [-0.3, -0.25) is 0 Å². The fourth-order valence-electron chi connectivity index (χ4n) is 1.42. The van der Waals surface area contributed by atoms with E-state index in [1.54, 1.807) is 0 Å². The van der Waals surface area contributed by atoms with Crippen LogP contribution in [0.4, 0.5) is 0 Å². The number of carbonyl (C=O) groups excluding carboxylic acids is 1. The van der Waals surface area contributed by atoms with E-state index in [0.717, 1.165) is 12.8 Å². The van der Waals surface area contributed by atoms with Gasteiger partial charge in [-0.1, -0.05) is 24.9 Å². The minimum atomic E-state index is -3.96. The lowest BCUT2D eigenvalue weighted by molar-refractivity contribution is 0.0499. The fourth-order valence-corrected chi connectivity index (χ4v) is 2.92. The molecule has 0 radical (unpaired) electrons. The van der Waals surface area contributed by atoms with Crippen molar-refractivity contribution in [2.75, 3.05) is 6.61 Å². The summed E-state index contributed by atoms with van der Waals surface area (Å²) in [5.74, 6) is -0.614. The molecule has 0 fully saturated rings. The van der Waals surface area contributed by atoms with Crippen LogP contribution >= 0.6 is 22.3 Å². The van der Waals surface area contributed by atoms with E-state index in [4.69, 9.17) is 27.0 Å². The molecule has 0 N–H and O–H groups in total. The first-order valence-corrected chi connectivity index (χ1v) is 8.38. The first kappa shape index (κ1) is 16.3. The molecule has 19 heavy (non-hydrogen) atoms. The topological polar surface area (TPSA) is 60.4 Å². The Balaban J connectivity index is 3.11. The number of unbranched alkanes of at least 4 members (excludes halogenated alkanes) is 1. The van der Waals surface area contributed by atoms with Crippen LogP contribution in [0.5, 0.6) is 0 Å². The summed E-state index contributed by atoms with van der Waals surface area (Å²) in [4.78, 5) is 11.6. The number of carbonyl (C=O) groups is 1. The monoisotopic (exact) mass is 324 g/mol. The van der Waals surface area contributed by atoms with Gasteiger partial charge in [-0.15, -0.1) is 0 Å². The summed E-state index contributed by atoms with van der Waals surface area (Å²) < 4.78 is 27.8. The summed E-state index contributed by atoms with van der Waals surface area (Å²) >= 11 is 5.90. The van der Waals surface area contributed by atoms with E-state index in [1.165, 1.54) is 19.1 Å². The zero-order valence-corrected chi connectivity index (χ0v) is 12.9. The first-order valence-electron chi connectivity index (χ1n) is 5.69. The van der Waals surface area contributed by atoms with Gasteiger partial charge in [-0.25, -0.2) is 13.2 Å². The molecule has 0 aromatic heterocycles. The average molecular weight is 325 g/mol. The van der Waals surface area contributed by atoms with E-state index in [0.29, 0.717) is 5.56 Å². The maximum absolute atomic E-state index is 11.7. The molecule has 4 nitrogen and oxygen atoms in total. The van der Waals surface area contributed by atoms with Gasteiger partial charge in [0, 0.05) is 15.7 Å². The summed E-state index contributed by atoms with van der Waals surface area (Å²) in [5, 5.41) is 0.157. The van der Waals surface area contributed by atoms with Crippen molar-refractivity contribution in [3.05, 3.63) is 28.3 Å². The smallest absolute Gasteiger partial charge is 0.338 e. The zero-order chi connectivity index (χ0) is 14.6. The number of benzene rings is 1.